The zero-order valence-corrected chi connectivity index (χ0v) is 18.8. The number of hydrogen-bond donors (Lipinski definition) is 2. The zero-order valence-electron chi connectivity index (χ0n) is 18.0. The third-order valence-electron chi connectivity index (χ3n) is 5.89. The van der Waals surface area contributed by atoms with Gasteiger partial charge in [0.15, 0.2) is 5.11 Å². The Hall–Kier alpha value is -4.09. The van der Waals surface area contributed by atoms with E-state index in [2.05, 4.69) is 78.2 Å². The molecule has 0 atom stereocenters. The molecule has 2 N–H and O–H groups in total. The number of aryl methyl sites for hydroxylation is 1. The van der Waals surface area contributed by atoms with Gasteiger partial charge in [0.05, 0.1) is 22.1 Å². The maximum Gasteiger partial charge on any atom is 0.175 e. The molecule has 0 aliphatic heterocycles. The van der Waals surface area contributed by atoms with E-state index in [0.29, 0.717) is 5.11 Å². The van der Waals surface area contributed by atoms with Crippen molar-refractivity contribution in [3.63, 3.8) is 0 Å². The second-order valence-corrected chi connectivity index (χ2v) is 8.57. The predicted molar refractivity (Wildman–Crippen MR) is 143 cm³/mol. The summed E-state index contributed by atoms with van der Waals surface area (Å²) in [5, 5.41) is 11.6. The third kappa shape index (κ3) is 3.52. The Labute approximate surface area is 196 Å². The minimum atomic E-state index is 0.531. The molecule has 1 aromatic heterocycles. The quantitative estimate of drug-likeness (QED) is 0.168. The van der Waals surface area contributed by atoms with Crippen molar-refractivity contribution in [1.29, 1.82) is 0 Å². The van der Waals surface area contributed by atoms with Crippen molar-refractivity contribution >= 4 is 72.3 Å². The second kappa shape index (κ2) is 7.80. The van der Waals surface area contributed by atoms with Crippen LogP contribution in [-0.4, -0.2) is 15.1 Å². The molecular formula is C28H20N4S. The zero-order chi connectivity index (χ0) is 22.4. The molecule has 0 spiro atoms. The minimum Gasteiger partial charge on any atom is -0.332 e. The first kappa shape index (κ1) is 19.6. The molecule has 4 nitrogen and oxygen atoms in total. The van der Waals surface area contributed by atoms with Gasteiger partial charge in [-0.25, -0.2) is 9.97 Å². The normalized spacial score (nSPS) is 11.3. The molecular weight excluding hydrogens is 424 g/mol. The van der Waals surface area contributed by atoms with Gasteiger partial charge < -0.3 is 10.6 Å². The van der Waals surface area contributed by atoms with Crippen LogP contribution in [0.4, 0.5) is 11.4 Å². The smallest absolute Gasteiger partial charge is 0.175 e. The first-order chi connectivity index (χ1) is 16.2. The summed E-state index contributed by atoms with van der Waals surface area (Å²) in [6.07, 6.45) is 0. The van der Waals surface area contributed by atoms with E-state index < -0.39 is 0 Å². The maximum absolute atomic E-state index is 5.51. The number of benzene rings is 5. The summed E-state index contributed by atoms with van der Waals surface area (Å²) < 4.78 is 0. The van der Waals surface area contributed by atoms with Gasteiger partial charge in [0, 0.05) is 22.1 Å². The summed E-state index contributed by atoms with van der Waals surface area (Å²) in [6.45, 7) is 2.06. The highest BCUT2D eigenvalue weighted by Gasteiger charge is 2.12. The van der Waals surface area contributed by atoms with Crippen LogP contribution in [0.15, 0.2) is 91.0 Å². The number of nitrogens with zero attached hydrogens (tertiary/aromatic N) is 2. The summed E-state index contributed by atoms with van der Waals surface area (Å²) in [5.74, 6) is 0. The minimum absolute atomic E-state index is 0.531. The van der Waals surface area contributed by atoms with Crippen LogP contribution < -0.4 is 10.6 Å². The molecule has 0 fully saturated rings. The molecule has 0 saturated heterocycles. The van der Waals surface area contributed by atoms with Gasteiger partial charge in [0.25, 0.3) is 0 Å². The molecule has 0 aliphatic carbocycles. The molecule has 6 aromatic rings. The van der Waals surface area contributed by atoms with Gasteiger partial charge in [-0.15, -0.1) is 0 Å². The Kier molecular flexibility index (Phi) is 4.63. The van der Waals surface area contributed by atoms with E-state index in [1.807, 2.05) is 30.3 Å². The van der Waals surface area contributed by atoms with Crippen LogP contribution in [0.3, 0.4) is 0 Å². The number of rotatable bonds is 2. The lowest BCUT2D eigenvalue weighted by atomic mass is 9.99. The number of anilines is 2. The number of thiocarbonyl (C=S) groups is 1. The highest BCUT2D eigenvalue weighted by atomic mass is 32.1. The van der Waals surface area contributed by atoms with Gasteiger partial charge in [-0.1, -0.05) is 66.2 Å². The Morgan fingerprint density at radius 1 is 0.606 bits per heavy atom. The summed E-state index contributed by atoms with van der Waals surface area (Å²) >= 11 is 5.51. The average Bonchev–Trinajstić information content (AvgIpc) is 2.84. The van der Waals surface area contributed by atoms with Crippen molar-refractivity contribution in [3.05, 3.63) is 96.6 Å². The van der Waals surface area contributed by atoms with E-state index in [0.717, 1.165) is 44.2 Å². The molecule has 0 radical (unpaired) electrons. The largest absolute Gasteiger partial charge is 0.332 e. The molecule has 0 bridgehead atoms. The van der Waals surface area contributed by atoms with Crippen LogP contribution in [0.5, 0.6) is 0 Å². The van der Waals surface area contributed by atoms with Crippen molar-refractivity contribution < 1.29 is 0 Å². The number of fused-ring (bicyclic) bond motifs is 7. The van der Waals surface area contributed by atoms with Crippen LogP contribution in [0.25, 0.3) is 43.6 Å². The predicted octanol–water partition coefficient (Wildman–Crippen LogP) is 7.21. The van der Waals surface area contributed by atoms with E-state index >= 15 is 0 Å². The van der Waals surface area contributed by atoms with E-state index in [4.69, 9.17) is 22.2 Å². The molecule has 158 valence electrons. The van der Waals surface area contributed by atoms with Crippen molar-refractivity contribution in [2.45, 2.75) is 6.92 Å². The van der Waals surface area contributed by atoms with Crippen LogP contribution in [-0.2, 0) is 0 Å². The van der Waals surface area contributed by atoms with Gasteiger partial charge in [-0.2, -0.15) is 0 Å². The van der Waals surface area contributed by atoms with Gasteiger partial charge in [-0.3, -0.25) is 0 Å². The monoisotopic (exact) mass is 444 g/mol. The Balaban J connectivity index is 1.44. The third-order valence-corrected chi connectivity index (χ3v) is 6.09. The van der Waals surface area contributed by atoms with Crippen molar-refractivity contribution in [1.82, 2.24) is 9.97 Å². The fraction of sp³-hybridized carbons (Fsp3) is 0.0357. The molecule has 5 aromatic carbocycles. The Morgan fingerprint density at radius 2 is 1.12 bits per heavy atom. The van der Waals surface area contributed by atoms with Gasteiger partial charge in [0.1, 0.15) is 0 Å². The molecule has 6 rings (SSSR count). The van der Waals surface area contributed by atoms with Crippen LogP contribution >= 0.6 is 12.2 Å². The lowest BCUT2D eigenvalue weighted by Gasteiger charge is -2.12. The van der Waals surface area contributed by atoms with E-state index in [1.54, 1.807) is 0 Å². The van der Waals surface area contributed by atoms with E-state index in [1.165, 1.54) is 16.3 Å². The summed E-state index contributed by atoms with van der Waals surface area (Å²) in [7, 11) is 0. The summed E-state index contributed by atoms with van der Waals surface area (Å²) in [6, 6.07) is 30.9. The standard InChI is InChI=1S/C28H20N4S/c1-17-10-12-18(13-11-17)29-28(33)30-19-14-15-24-25(16-19)32-27-23-9-5-3-7-21(23)20-6-2-4-8-22(20)26(27)31-24/h2-16H,1H3,(H2,29,30,33). The Bertz CT molecular complexity index is 1690. The molecule has 5 heteroatoms. The molecule has 1 heterocycles. The maximum atomic E-state index is 5.51. The van der Waals surface area contributed by atoms with Crippen LogP contribution in [0, 0.1) is 6.92 Å². The highest BCUT2D eigenvalue weighted by Crippen LogP contribution is 2.34. The van der Waals surface area contributed by atoms with E-state index in [-0.39, 0.29) is 0 Å². The number of aromatic nitrogens is 2. The number of hydrogen-bond acceptors (Lipinski definition) is 3. The highest BCUT2D eigenvalue weighted by molar-refractivity contribution is 7.80. The first-order valence-electron chi connectivity index (χ1n) is 10.8. The fourth-order valence-electron chi connectivity index (χ4n) is 4.29. The van der Waals surface area contributed by atoms with Crippen molar-refractivity contribution in [2.24, 2.45) is 0 Å². The van der Waals surface area contributed by atoms with Crippen LogP contribution in [0.2, 0.25) is 0 Å². The lowest BCUT2D eigenvalue weighted by Crippen LogP contribution is -2.19. The molecule has 0 amide bonds. The van der Waals surface area contributed by atoms with E-state index in [9.17, 15) is 0 Å². The molecule has 0 unspecified atom stereocenters. The summed E-state index contributed by atoms with van der Waals surface area (Å²) in [5.41, 5.74) is 6.54. The Morgan fingerprint density at radius 3 is 1.76 bits per heavy atom. The molecule has 0 aliphatic rings. The van der Waals surface area contributed by atoms with Gasteiger partial charge >= 0.3 is 0 Å². The second-order valence-electron chi connectivity index (χ2n) is 8.16. The molecule has 33 heavy (non-hydrogen) atoms. The topological polar surface area (TPSA) is 49.8 Å². The van der Waals surface area contributed by atoms with Crippen molar-refractivity contribution in [2.75, 3.05) is 10.6 Å². The van der Waals surface area contributed by atoms with Crippen molar-refractivity contribution in [3.8, 4) is 0 Å². The SMILES string of the molecule is Cc1ccc(NC(=S)Nc2ccc3nc4c5ccccc5c5ccccc5c4nc3c2)cc1. The van der Waals surface area contributed by atoms with Crippen LogP contribution in [0.1, 0.15) is 5.56 Å². The average molecular weight is 445 g/mol. The van der Waals surface area contributed by atoms with Gasteiger partial charge in [-0.05, 0) is 60.2 Å². The molecule has 0 saturated carbocycles. The summed E-state index contributed by atoms with van der Waals surface area (Å²) in [4.78, 5) is 10.1. The van der Waals surface area contributed by atoms with Gasteiger partial charge in [0.2, 0.25) is 0 Å². The first-order valence-corrected chi connectivity index (χ1v) is 11.2. The fourth-order valence-corrected chi connectivity index (χ4v) is 4.52. The lowest BCUT2D eigenvalue weighted by molar-refractivity contribution is 1.41. The number of nitrogens with one attached hydrogen (secondary N) is 2.